The molecular formula is C16H18N2O. The zero-order chi connectivity index (χ0) is 13.2. The van der Waals surface area contributed by atoms with Crippen molar-refractivity contribution in [2.45, 2.75) is 25.8 Å². The van der Waals surface area contributed by atoms with E-state index in [1.807, 2.05) is 53.4 Å². The lowest BCUT2D eigenvalue weighted by molar-refractivity contribution is 0.0936. The molecule has 1 saturated carbocycles. The molecule has 0 spiro atoms. The van der Waals surface area contributed by atoms with Crippen molar-refractivity contribution in [2.75, 3.05) is 0 Å². The van der Waals surface area contributed by atoms with Crippen molar-refractivity contribution in [2.24, 2.45) is 5.92 Å². The second-order valence-electron chi connectivity index (χ2n) is 5.24. The van der Waals surface area contributed by atoms with Gasteiger partial charge in [-0.15, -0.1) is 0 Å². The molecule has 3 rings (SSSR count). The maximum absolute atomic E-state index is 12.2. The molecule has 19 heavy (non-hydrogen) atoms. The summed E-state index contributed by atoms with van der Waals surface area (Å²) in [6, 6.07) is 11.9. The monoisotopic (exact) mass is 254 g/mol. The summed E-state index contributed by atoms with van der Waals surface area (Å²) in [4.78, 5) is 12.2. The molecule has 1 atom stereocenters. The van der Waals surface area contributed by atoms with Crippen LogP contribution < -0.4 is 5.32 Å². The molecule has 1 aliphatic rings. The second kappa shape index (κ2) is 4.92. The van der Waals surface area contributed by atoms with Gasteiger partial charge in [0.05, 0.1) is 0 Å². The Hall–Kier alpha value is -2.03. The summed E-state index contributed by atoms with van der Waals surface area (Å²) in [5.74, 6) is 0.699. The first kappa shape index (κ1) is 12.0. The van der Waals surface area contributed by atoms with Crippen LogP contribution in [0.5, 0.6) is 0 Å². The van der Waals surface area contributed by atoms with Gasteiger partial charge in [-0.3, -0.25) is 4.79 Å². The van der Waals surface area contributed by atoms with E-state index in [2.05, 4.69) is 12.2 Å². The summed E-state index contributed by atoms with van der Waals surface area (Å²) < 4.78 is 2.00. The standard InChI is InChI=1S/C16H18N2O/c1-12(13-7-8-13)17-16(19)14-5-4-6-15(11-14)18-9-2-3-10-18/h2-6,9-13H,7-8H2,1H3,(H,17,19). The molecule has 1 aromatic heterocycles. The van der Waals surface area contributed by atoms with Crippen LogP contribution in [-0.4, -0.2) is 16.5 Å². The number of aromatic nitrogens is 1. The van der Waals surface area contributed by atoms with Crippen molar-refractivity contribution in [1.29, 1.82) is 0 Å². The van der Waals surface area contributed by atoms with Crippen LogP contribution >= 0.6 is 0 Å². The Morgan fingerprint density at radius 3 is 2.68 bits per heavy atom. The van der Waals surface area contributed by atoms with Gasteiger partial charge in [-0.1, -0.05) is 6.07 Å². The maximum atomic E-state index is 12.2. The number of carbonyl (C=O) groups is 1. The third-order valence-electron chi connectivity index (χ3n) is 3.70. The van der Waals surface area contributed by atoms with Crippen LogP contribution in [0.3, 0.4) is 0 Å². The summed E-state index contributed by atoms with van der Waals surface area (Å²) in [6.07, 6.45) is 6.43. The summed E-state index contributed by atoms with van der Waals surface area (Å²) in [6.45, 7) is 2.09. The number of hydrogen-bond donors (Lipinski definition) is 1. The molecule has 1 amide bonds. The molecule has 1 N–H and O–H groups in total. The van der Waals surface area contributed by atoms with Crippen molar-refractivity contribution >= 4 is 5.91 Å². The molecule has 2 aromatic rings. The lowest BCUT2D eigenvalue weighted by Crippen LogP contribution is -2.34. The van der Waals surface area contributed by atoms with Gasteiger partial charge in [0.1, 0.15) is 0 Å². The average molecular weight is 254 g/mol. The lowest BCUT2D eigenvalue weighted by atomic mass is 10.1. The van der Waals surface area contributed by atoms with E-state index in [-0.39, 0.29) is 11.9 Å². The smallest absolute Gasteiger partial charge is 0.251 e. The molecule has 1 unspecified atom stereocenters. The first-order valence-electron chi connectivity index (χ1n) is 6.78. The van der Waals surface area contributed by atoms with Gasteiger partial charge in [-0.25, -0.2) is 0 Å². The topological polar surface area (TPSA) is 34.0 Å². The van der Waals surface area contributed by atoms with Gasteiger partial charge in [-0.05, 0) is 56.0 Å². The maximum Gasteiger partial charge on any atom is 0.251 e. The number of nitrogens with one attached hydrogen (secondary N) is 1. The molecule has 0 saturated heterocycles. The molecule has 0 radical (unpaired) electrons. The SMILES string of the molecule is CC(NC(=O)c1cccc(-n2cccc2)c1)C1CC1. The summed E-state index contributed by atoms with van der Waals surface area (Å²) in [7, 11) is 0. The Morgan fingerprint density at radius 2 is 2.00 bits per heavy atom. The molecule has 0 aliphatic heterocycles. The minimum absolute atomic E-state index is 0.0217. The highest BCUT2D eigenvalue weighted by atomic mass is 16.1. The number of amides is 1. The third-order valence-corrected chi connectivity index (χ3v) is 3.70. The number of rotatable bonds is 4. The Morgan fingerprint density at radius 1 is 1.26 bits per heavy atom. The van der Waals surface area contributed by atoms with Gasteiger partial charge in [0.2, 0.25) is 0 Å². The Bertz CT molecular complexity index is 570. The van der Waals surface area contributed by atoms with E-state index in [4.69, 9.17) is 0 Å². The zero-order valence-corrected chi connectivity index (χ0v) is 11.0. The predicted octanol–water partition coefficient (Wildman–Crippen LogP) is 3.01. The summed E-state index contributed by atoms with van der Waals surface area (Å²) >= 11 is 0. The Kier molecular flexibility index (Phi) is 3.11. The van der Waals surface area contributed by atoms with E-state index in [1.54, 1.807) is 0 Å². The van der Waals surface area contributed by atoms with Gasteiger partial charge < -0.3 is 9.88 Å². The molecule has 1 aliphatic carbocycles. The van der Waals surface area contributed by atoms with Crippen molar-refractivity contribution in [3.8, 4) is 5.69 Å². The van der Waals surface area contributed by atoms with Crippen molar-refractivity contribution < 1.29 is 4.79 Å². The number of nitrogens with zero attached hydrogens (tertiary/aromatic N) is 1. The van der Waals surface area contributed by atoms with Crippen LogP contribution in [0.1, 0.15) is 30.1 Å². The molecule has 1 aromatic carbocycles. The largest absolute Gasteiger partial charge is 0.349 e. The van der Waals surface area contributed by atoms with Crippen molar-refractivity contribution in [3.63, 3.8) is 0 Å². The third kappa shape index (κ3) is 2.70. The molecule has 1 heterocycles. The molecule has 3 heteroatoms. The van der Waals surface area contributed by atoms with Crippen molar-refractivity contribution in [3.05, 3.63) is 54.4 Å². The summed E-state index contributed by atoms with van der Waals surface area (Å²) in [5.41, 5.74) is 1.73. The highest BCUT2D eigenvalue weighted by Gasteiger charge is 2.29. The van der Waals surface area contributed by atoms with E-state index >= 15 is 0 Å². The number of hydrogen-bond acceptors (Lipinski definition) is 1. The van der Waals surface area contributed by atoms with Gasteiger partial charge >= 0.3 is 0 Å². The lowest BCUT2D eigenvalue weighted by Gasteiger charge is -2.13. The van der Waals surface area contributed by atoms with Crippen LogP contribution in [0.2, 0.25) is 0 Å². The molecular weight excluding hydrogens is 236 g/mol. The fourth-order valence-electron chi connectivity index (χ4n) is 2.32. The molecule has 0 bridgehead atoms. The fraction of sp³-hybridized carbons (Fsp3) is 0.312. The first-order chi connectivity index (χ1) is 9.24. The predicted molar refractivity (Wildman–Crippen MR) is 75.4 cm³/mol. The van der Waals surface area contributed by atoms with Gasteiger partial charge in [0.25, 0.3) is 5.91 Å². The molecule has 98 valence electrons. The van der Waals surface area contributed by atoms with Gasteiger partial charge in [0.15, 0.2) is 0 Å². The number of benzene rings is 1. The Balaban J connectivity index is 1.77. The molecule has 1 fully saturated rings. The minimum atomic E-state index is 0.0217. The van der Waals surface area contributed by atoms with E-state index in [0.717, 1.165) is 11.3 Å². The van der Waals surface area contributed by atoms with Crippen LogP contribution in [0.4, 0.5) is 0 Å². The van der Waals surface area contributed by atoms with Crippen LogP contribution in [-0.2, 0) is 0 Å². The molecule has 3 nitrogen and oxygen atoms in total. The van der Waals surface area contributed by atoms with E-state index < -0.39 is 0 Å². The highest BCUT2D eigenvalue weighted by molar-refractivity contribution is 5.94. The van der Waals surface area contributed by atoms with Crippen LogP contribution in [0.25, 0.3) is 5.69 Å². The van der Waals surface area contributed by atoms with E-state index in [1.165, 1.54) is 12.8 Å². The quantitative estimate of drug-likeness (QED) is 0.894. The van der Waals surface area contributed by atoms with Crippen molar-refractivity contribution in [1.82, 2.24) is 9.88 Å². The zero-order valence-electron chi connectivity index (χ0n) is 11.0. The normalized spacial score (nSPS) is 16.1. The average Bonchev–Trinajstić information content (AvgIpc) is 3.14. The Labute approximate surface area is 113 Å². The van der Waals surface area contributed by atoms with Crippen LogP contribution in [0.15, 0.2) is 48.8 Å². The fourth-order valence-corrected chi connectivity index (χ4v) is 2.32. The minimum Gasteiger partial charge on any atom is -0.349 e. The summed E-state index contributed by atoms with van der Waals surface area (Å²) in [5, 5.41) is 3.08. The number of carbonyl (C=O) groups excluding carboxylic acids is 1. The van der Waals surface area contributed by atoms with E-state index in [0.29, 0.717) is 5.92 Å². The van der Waals surface area contributed by atoms with Gasteiger partial charge in [0, 0.05) is 29.7 Å². The highest BCUT2D eigenvalue weighted by Crippen LogP contribution is 2.32. The second-order valence-corrected chi connectivity index (χ2v) is 5.24. The first-order valence-corrected chi connectivity index (χ1v) is 6.78. The van der Waals surface area contributed by atoms with E-state index in [9.17, 15) is 4.79 Å². The van der Waals surface area contributed by atoms with Gasteiger partial charge in [-0.2, -0.15) is 0 Å². The van der Waals surface area contributed by atoms with Crippen LogP contribution in [0, 0.1) is 5.92 Å².